The van der Waals surface area contributed by atoms with Crippen LogP contribution in [-0.4, -0.2) is 39.3 Å². The summed E-state index contributed by atoms with van der Waals surface area (Å²) in [5.41, 5.74) is 1.51. The molecule has 1 aliphatic heterocycles. The molecule has 0 aromatic rings. The molecule has 6 nitrogen and oxygen atoms in total. The Bertz CT molecular complexity index is 256. The lowest BCUT2D eigenvalue weighted by Gasteiger charge is -2.25. The summed E-state index contributed by atoms with van der Waals surface area (Å²) in [4.78, 5) is 23.3. The molecule has 1 fully saturated rings. The number of likely N-dealkylation sites (tertiary alicyclic amines) is 1. The van der Waals surface area contributed by atoms with Crippen molar-refractivity contribution in [2.75, 3.05) is 0 Å². The smallest absolute Gasteiger partial charge is 0.408 e. The van der Waals surface area contributed by atoms with E-state index < -0.39 is 18.0 Å². The third-order valence-corrected chi connectivity index (χ3v) is 2.76. The molecule has 1 heterocycles. The monoisotopic (exact) mass is 216 g/mol. The molecule has 0 radical (unpaired) electrons. The Balaban J connectivity index is 2.75. The first-order valence-corrected chi connectivity index (χ1v) is 5.07. The van der Waals surface area contributed by atoms with Crippen molar-refractivity contribution in [3.63, 3.8) is 0 Å². The first-order chi connectivity index (χ1) is 7.11. The quantitative estimate of drug-likeness (QED) is 0.481. The van der Waals surface area contributed by atoms with Gasteiger partial charge in [0.2, 0.25) is 0 Å². The maximum absolute atomic E-state index is 11.2. The normalized spacial score (nSPS) is 25.3. The van der Waals surface area contributed by atoms with Gasteiger partial charge in [0.05, 0.1) is 0 Å². The second-order valence-corrected chi connectivity index (χ2v) is 3.70. The Morgan fingerprint density at radius 3 is 2.60 bits per heavy atom. The summed E-state index contributed by atoms with van der Waals surface area (Å²) in [6.07, 6.45) is 1.69. The minimum Gasteiger partial charge on any atom is -0.465 e. The van der Waals surface area contributed by atoms with Gasteiger partial charge in [-0.1, -0.05) is 13.3 Å². The van der Waals surface area contributed by atoms with Gasteiger partial charge in [-0.3, -0.25) is 14.9 Å². The molecule has 0 unspecified atom stereocenters. The number of hydroxylamine groups is 1. The number of carbonyl (C=O) groups excluding carboxylic acids is 1. The maximum atomic E-state index is 11.2. The number of amides is 2. The average molecular weight is 216 g/mol. The number of hydrogen-bond acceptors (Lipinski definition) is 3. The lowest BCUT2D eigenvalue weighted by atomic mass is 10.1. The summed E-state index contributed by atoms with van der Waals surface area (Å²) < 4.78 is 0. The number of rotatable bonds is 3. The van der Waals surface area contributed by atoms with Crippen molar-refractivity contribution >= 4 is 12.0 Å². The van der Waals surface area contributed by atoms with Gasteiger partial charge in [0.15, 0.2) is 0 Å². The summed E-state index contributed by atoms with van der Waals surface area (Å²) in [6, 6.07) is -0.848. The molecule has 86 valence electrons. The summed E-state index contributed by atoms with van der Waals surface area (Å²) in [5, 5.41) is 17.5. The van der Waals surface area contributed by atoms with Crippen LogP contribution in [0.4, 0.5) is 4.79 Å². The number of nitrogens with zero attached hydrogens (tertiary/aromatic N) is 1. The third-order valence-electron chi connectivity index (χ3n) is 2.76. The number of carbonyl (C=O) groups is 2. The highest BCUT2D eigenvalue weighted by atomic mass is 16.5. The van der Waals surface area contributed by atoms with Gasteiger partial charge in [-0.15, -0.1) is 0 Å². The van der Waals surface area contributed by atoms with Crippen molar-refractivity contribution in [2.24, 2.45) is 0 Å². The fourth-order valence-electron chi connectivity index (χ4n) is 2.12. The zero-order valence-electron chi connectivity index (χ0n) is 8.64. The van der Waals surface area contributed by atoms with Crippen LogP contribution in [0.2, 0.25) is 0 Å². The summed E-state index contributed by atoms with van der Waals surface area (Å²) in [6.45, 7) is 1.97. The maximum Gasteiger partial charge on any atom is 0.408 e. The molecule has 15 heavy (non-hydrogen) atoms. The van der Waals surface area contributed by atoms with E-state index in [1.54, 1.807) is 0 Å². The standard InChI is InChI=1S/C9H16N2O4/c1-2-3-6-4-5-7(8(12)10-15)11(6)9(13)14/h6-7,15H,2-5H2,1H3,(H,10,12)(H,13,14)/t6-,7+/m0/s1. The van der Waals surface area contributed by atoms with E-state index in [1.807, 2.05) is 6.92 Å². The summed E-state index contributed by atoms with van der Waals surface area (Å²) >= 11 is 0. The highest BCUT2D eigenvalue weighted by molar-refractivity contribution is 5.85. The number of nitrogens with one attached hydrogen (secondary N) is 1. The predicted molar refractivity (Wildman–Crippen MR) is 51.5 cm³/mol. The van der Waals surface area contributed by atoms with E-state index in [0.29, 0.717) is 12.8 Å². The van der Waals surface area contributed by atoms with Crippen LogP contribution in [0.5, 0.6) is 0 Å². The highest BCUT2D eigenvalue weighted by Gasteiger charge is 2.40. The molecule has 0 spiro atoms. The molecule has 6 heteroatoms. The summed E-state index contributed by atoms with van der Waals surface area (Å²) in [7, 11) is 0. The largest absolute Gasteiger partial charge is 0.465 e. The van der Waals surface area contributed by atoms with Crippen molar-refractivity contribution in [3.8, 4) is 0 Å². The molecule has 0 aliphatic carbocycles. The van der Waals surface area contributed by atoms with Gasteiger partial charge < -0.3 is 5.11 Å². The first kappa shape index (κ1) is 11.8. The Kier molecular flexibility index (Phi) is 3.90. The topological polar surface area (TPSA) is 89.9 Å². The van der Waals surface area contributed by atoms with Gasteiger partial charge in [0.25, 0.3) is 5.91 Å². The minimum atomic E-state index is -1.10. The number of hydrogen-bond donors (Lipinski definition) is 3. The van der Waals surface area contributed by atoms with Crippen molar-refractivity contribution in [1.82, 2.24) is 10.4 Å². The minimum absolute atomic E-state index is 0.102. The van der Waals surface area contributed by atoms with Gasteiger partial charge in [0.1, 0.15) is 6.04 Å². The summed E-state index contributed by atoms with van der Waals surface area (Å²) in [5.74, 6) is -0.643. The molecule has 2 amide bonds. The zero-order valence-corrected chi connectivity index (χ0v) is 8.64. The van der Waals surface area contributed by atoms with Crippen LogP contribution in [0.3, 0.4) is 0 Å². The van der Waals surface area contributed by atoms with Gasteiger partial charge in [-0.25, -0.2) is 10.3 Å². The fraction of sp³-hybridized carbons (Fsp3) is 0.778. The van der Waals surface area contributed by atoms with E-state index in [2.05, 4.69) is 0 Å². The van der Waals surface area contributed by atoms with Gasteiger partial charge in [-0.05, 0) is 19.3 Å². The van der Waals surface area contributed by atoms with E-state index in [-0.39, 0.29) is 6.04 Å². The van der Waals surface area contributed by atoms with Crippen molar-refractivity contribution in [3.05, 3.63) is 0 Å². The predicted octanol–water partition coefficient (Wildman–Crippen LogP) is 0.803. The van der Waals surface area contributed by atoms with Crippen molar-refractivity contribution in [2.45, 2.75) is 44.7 Å². The van der Waals surface area contributed by atoms with E-state index in [4.69, 9.17) is 10.3 Å². The average Bonchev–Trinajstić information content (AvgIpc) is 2.61. The Morgan fingerprint density at radius 2 is 2.13 bits per heavy atom. The lowest BCUT2D eigenvalue weighted by molar-refractivity contribution is -0.133. The third kappa shape index (κ3) is 2.38. The Labute approximate surface area is 87.8 Å². The molecule has 2 atom stereocenters. The molecule has 1 rings (SSSR count). The second kappa shape index (κ2) is 4.97. The van der Waals surface area contributed by atoms with E-state index in [9.17, 15) is 9.59 Å². The SMILES string of the molecule is CCC[C@H]1CC[C@H](C(=O)NO)N1C(=O)O. The van der Waals surface area contributed by atoms with E-state index in [0.717, 1.165) is 17.7 Å². The molecule has 0 saturated carbocycles. The molecular formula is C9H16N2O4. The fourth-order valence-corrected chi connectivity index (χ4v) is 2.12. The number of carboxylic acid groups (broad SMARTS) is 1. The van der Waals surface area contributed by atoms with Gasteiger partial charge in [0, 0.05) is 6.04 Å². The Hall–Kier alpha value is -1.30. The van der Waals surface area contributed by atoms with Crippen LogP contribution in [0, 0.1) is 0 Å². The molecule has 0 bridgehead atoms. The van der Waals surface area contributed by atoms with Crippen molar-refractivity contribution in [1.29, 1.82) is 0 Å². The van der Waals surface area contributed by atoms with E-state index >= 15 is 0 Å². The molecule has 3 N–H and O–H groups in total. The zero-order chi connectivity index (χ0) is 11.4. The van der Waals surface area contributed by atoms with Crippen molar-refractivity contribution < 1.29 is 19.9 Å². The first-order valence-electron chi connectivity index (χ1n) is 5.07. The van der Waals surface area contributed by atoms with Crippen LogP contribution in [0.15, 0.2) is 0 Å². The molecular weight excluding hydrogens is 200 g/mol. The van der Waals surface area contributed by atoms with Gasteiger partial charge in [-0.2, -0.15) is 0 Å². The van der Waals surface area contributed by atoms with Crippen LogP contribution >= 0.6 is 0 Å². The lowest BCUT2D eigenvalue weighted by Crippen LogP contribution is -2.47. The van der Waals surface area contributed by atoms with E-state index in [1.165, 1.54) is 5.48 Å². The van der Waals surface area contributed by atoms with Gasteiger partial charge >= 0.3 is 6.09 Å². The second-order valence-electron chi connectivity index (χ2n) is 3.70. The molecule has 0 aromatic carbocycles. The Morgan fingerprint density at radius 1 is 1.47 bits per heavy atom. The van der Waals surface area contributed by atoms with Crippen LogP contribution in [0.1, 0.15) is 32.6 Å². The van der Waals surface area contributed by atoms with Crippen LogP contribution < -0.4 is 5.48 Å². The van der Waals surface area contributed by atoms with Crippen LogP contribution in [-0.2, 0) is 4.79 Å². The highest BCUT2D eigenvalue weighted by Crippen LogP contribution is 2.27. The van der Waals surface area contributed by atoms with Crippen LogP contribution in [0.25, 0.3) is 0 Å². The molecule has 1 saturated heterocycles. The molecule has 0 aromatic heterocycles. The molecule has 1 aliphatic rings.